The lowest BCUT2D eigenvalue weighted by atomic mass is 9.95. The van der Waals surface area contributed by atoms with Crippen molar-refractivity contribution in [2.75, 3.05) is 13.4 Å². The number of hydrogen-bond donors (Lipinski definition) is 0. The van der Waals surface area contributed by atoms with E-state index >= 15 is 0 Å². The topological polar surface area (TPSA) is 79.1 Å². The molecule has 0 aliphatic carbocycles. The van der Waals surface area contributed by atoms with Gasteiger partial charge in [0.05, 0.1) is 28.5 Å². The highest BCUT2D eigenvalue weighted by atomic mass is 32.1. The van der Waals surface area contributed by atoms with E-state index in [4.69, 9.17) is 14.2 Å². The van der Waals surface area contributed by atoms with Crippen molar-refractivity contribution in [3.8, 4) is 11.5 Å². The zero-order valence-corrected chi connectivity index (χ0v) is 18.6. The summed E-state index contributed by atoms with van der Waals surface area (Å²) in [6.45, 7) is 3.73. The Morgan fingerprint density at radius 3 is 2.88 bits per heavy atom. The highest BCUT2D eigenvalue weighted by molar-refractivity contribution is 7.07. The van der Waals surface area contributed by atoms with E-state index in [-0.39, 0.29) is 24.5 Å². The Labute approximate surface area is 191 Å². The van der Waals surface area contributed by atoms with Crippen LogP contribution in [0.3, 0.4) is 0 Å². The average Bonchev–Trinajstić information content (AvgIpc) is 3.37. The second-order valence-corrected chi connectivity index (χ2v) is 8.48. The van der Waals surface area contributed by atoms with Gasteiger partial charge in [-0.15, -0.1) is 0 Å². The smallest absolute Gasteiger partial charge is 0.338 e. The monoisotopic (exact) mass is 466 g/mol. The lowest BCUT2D eigenvalue weighted by Gasteiger charge is -2.24. The lowest BCUT2D eigenvalue weighted by molar-refractivity contribution is -0.139. The van der Waals surface area contributed by atoms with Gasteiger partial charge >= 0.3 is 5.97 Å². The first-order valence-corrected chi connectivity index (χ1v) is 11.1. The predicted molar refractivity (Wildman–Crippen MR) is 119 cm³/mol. The fourth-order valence-corrected chi connectivity index (χ4v) is 4.98. The molecule has 0 fully saturated rings. The SMILES string of the molecule is CCOC(=O)C1=C(C)N=c2s/c(=C/c3cccc(F)c3)c(=O)n2[C@H]1c1ccc2c(c1)OCO2. The second kappa shape index (κ2) is 8.32. The lowest BCUT2D eigenvalue weighted by Crippen LogP contribution is -2.39. The number of allylic oxidation sites excluding steroid dienone is 1. The maximum absolute atomic E-state index is 13.7. The number of ether oxygens (including phenoxy) is 3. The van der Waals surface area contributed by atoms with E-state index in [9.17, 15) is 14.0 Å². The molecule has 0 saturated carbocycles. The van der Waals surface area contributed by atoms with Crippen molar-refractivity contribution >= 4 is 23.4 Å². The number of esters is 1. The number of benzene rings is 2. The molecular weight excluding hydrogens is 447 g/mol. The van der Waals surface area contributed by atoms with Crippen LogP contribution in [0.25, 0.3) is 6.08 Å². The van der Waals surface area contributed by atoms with Gasteiger partial charge < -0.3 is 14.2 Å². The van der Waals surface area contributed by atoms with Gasteiger partial charge in [-0.3, -0.25) is 9.36 Å². The molecule has 0 bridgehead atoms. The summed E-state index contributed by atoms with van der Waals surface area (Å²) < 4.78 is 31.7. The molecular formula is C24H19FN2O5S. The zero-order valence-electron chi connectivity index (χ0n) is 17.8. The summed E-state index contributed by atoms with van der Waals surface area (Å²) in [5.41, 5.74) is 1.63. The maximum atomic E-state index is 13.7. The molecule has 0 spiro atoms. The highest BCUT2D eigenvalue weighted by Crippen LogP contribution is 2.38. The first-order valence-electron chi connectivity index (χ1n) is 10.3. The first kappa shape index (κ1) is 21.1. The van der Waals surface area contributed by atoms with E-state index < -0.39 is 17.8 Å². The first-order chi connectivity index (χ1) is 16.0. The van der Waals surface area contributed by atoms with E-state index in [1.807, 2.05) is 0 Å². The molecule has 0 unspecified atom stereocenters. The molecule has 33 heavy (non-hydrogen) atoms. The second-order valence-electron chi connectivity index (χ2n) is 7.47. The Hall–Kier alpha value is -3.72. The van der Waals surface area contributed by atoms with Gasteiger partial charge in [0.25, 0.3) is 5.56 Å². The Bertz CT molecular complexity index is 1490. The number of fused-ring (bicyclic) bond motifs is 2. The molecule has 3 heterocycles. The number of halogens is 1. The number of rotatable bonds is 4. The summed E-state index contributed by atoms with van der Waals surface area (Å²) in [6, 6.07) is 10.5. The molecule has 0 amide bonds. The van der Waals surface area contributed by atoms with E-state index in [0.29, 0.717) is 37.7 Å². The Kier molecular flexibility index (Phi) is 5.33. The Morgan fingerprint density at radius 2 is 2.09 bits per heavy atom. The van der Waals surface area contributed by atoms with Crippen LogP contribution >= 0.6 is 11.3 Å². The van der Waals surface area contributed by atoms with E-state index in [2.05, 4.69) is 4.99 Å². The van der Waals surface area contributed by atoms with Gasteiger partial charge in [-0.25, -0.2) is 14.2 Å². The molecule has 1 atom stereocenters. The highest BCUT2D eigenvalue weighted by Gasteiger charge is 2.34. The third-order valence-electron chi connectivity index (χ3n) is 5.38. The van der Waals surface area contributed by atoms with Crippen LogP contribution in [0.15, 0.2) is 63.5 Å². The van der Waals surface area contributed by atoms with E-state index in [0.717, 1.165) is 0 Å². The maximum Gasteiger partial charge on any atom is 0.338 e. The number of hydrogen-bond acceptors (Lipinski definition) is 7. The van der Waals surface area contributed by atoms with Gasteiger partial charge in [-0.05, 0) is 55.3 Å². The molecule has 5 rings (SSSR count). The van der Waals surface area contributed by atoms with Crippen molar-refractivity contribution in [2.24, 2.45) is 4.99 Å². The molecule has 0 N–H and O–H groups in total. The van der Waals surface area contributed by atoms with Gasteiger partial charge in [0.15, 0.2) is 16.3 Å². The molecule has 168 valence electrons. The number of carbonyl (C=O) groups is 1. The third kappa shape index (κ3) is 3.74. The third-order valence-corrected chi connectivity index (χ3v) is 6.36. The number of carbonyl (C=O) groups excluding carboxylic acids is 1. The minimum Gasteiger partial charge on any atom is -0.463 e. The molecule has 1 aromatic heterocycles. The number of thiazole rings is 1. The summed E-state index contributed by atoms with van der Waals surface area (Å²) in [5.74, 6) is 0.193. The molecule has 0 saturated heterocycles. The normalized spacial score (nSPS) is 17.1. The molecule has 0 radical (unpaired) electrons. The molecule has 9 heteroatoms. The van der Waals surface area contributed by atoms with Gasteiger partial charge in [-0.1, -0.05) is 29.5 Å². The average molecular weight is 466 g/mol. The summed E-state index contributed by atoms with van der Waals surface area (Å²) in [7, 11) is 0. The molecule has 7 nitrogen and oxygen atoms in total. The number of nitrogens with zero attached hydrogens (tertiary/aromatic N) is 2. The van der Waals surface area contributed by atoms with Crippen molar-refractivity contribution in [3.05, 3.63) is 90.4 Å². The standard InChI is InChI=1S/C24H19FN2O5S/c1-3-30-23(29)20-13(2)26-24-27(21(20)15-7-8-17-18(11-15)32-12-31-17)22(28)19(33-24)10-14-5-4-6-16(25)9-14/h4-11,21H,3,12H2,1-2H3/b19-10+/t21-/m0/s1. The van der Waals surface area contributed by atoms with E-state index in [1.54, 1.807) is 50.3 Å². The van der Waals surface area contributed by atoms with Crippen molar-refractivity contribution in [1.29, 1.82) is 0 Å². The van der Waals surface area contributed by atoms with Gasteiger partial charge in [0.2, 0.25) is 6.79 Å². The molecule has 3 aromatic rings. The minimum atomic E-state index is -0.760. The van der Waals surface area contributed by atoms with Crippen molar-refractivity contribution < 1.29 is 23.4 Å². The molecule has 2 aromatic carbocycles. The molecule has 2 aliphatic heterocycles. The van der Waals surface area contributed by atoms with Crippen LogP contribution in [0, 0.1) is 5.82 Å². The van der Waals surface area contributed by atoms with Gasteiger partial charge in [0, 0.05) is 0 Å². The van der Waals surface area contributed by atoms with Crippen LogP contribution in [0.4, 0.5) is 4.39 Å². The Balaban J connectivity index is 1.73. The predicted octanol–water partition coefficient (Wildman–Crippen LogP) is 2.67. The van der Waals surface area contributed by atoms with Crippen LogP contribution in [0.2, 0.25) is 0 Å². The molecule has 2 aliphatic rings. The fourth-order valence-electron chi connectivity index (χ4n) is 3.94. The van der Waals surface area contributed by atoms with Crippen LogP contribution in [0.1, 0.15) is 31.0 Å². The van der Waals surface area contributed by atoms with Crippen molar-refractivity contribution in [1.82, 2.24) is 4.57 Å². The zero-order chi connectivity index (χ0) is 23.1. The van der Waals surface area contributed by atoms with Crippen LogP contribution in [0.5, 0.6) is 11.5 Å². The van der Waals surface area contributed by atoms with Crippen LogP contribution in [-0.2, 0) is 9.53 Å². The van der Waals surface area contributed by atoms with Crippen LogP contribution in [-0.4, -0.2) is 23.9 Å². The van der Waals surface area contributed by atoms with Crippen LogP contribution < -0.4 is 24.4 Å². The minimum absolute atomic E-state index is 0.106. The van der Waals surface area contributed by atoms with E-state index in [1.165, 1.54) is 28.0 Å². The summed E-state index contributed by atoms with van der Waals surface area (Å²) in [6.07, 6.45) is 1.62. The summed E-state index contributed by atoms with van der Waals surface area (Å²) in [4.78, 5) is 31.4. The van der Waals surface area contributed by atoms with Crippen molar-refractivity contribution in [2.45, 2.75) is 19.9 Å². The largest absolute Gasteiger partial charge is 0.463 e. The Morgan fingerprint density at radius 1 is 1.27 bits per heavy atom. The quantitative estimate of drug-likeness (QED) is 0.553. The number of aromatic nitrogens is 1. The van der Waals surface area contributed by atoms with Gasteiger partial charge in [0.1, 0.15) is 5.82 Å². The van der Waals surface area contributed by atoms with Gasteiger partial charge in [-0.2, -0.15) is 0 Å². The fraction of sp³-hybridized carbons (Fsp3) is 0.208. The van der Waals surface area contributed by atoms with Crippen molar-refractivity contribution in [3.63, 3.8) is 0 Å². The summed E-state index contributed by atoms with van der Waals surface area (Å²) in [5, 5.41) is 0. The summed E-state index contributed by atoms with van der Waals surface area (Å²) >= 11 is 1.18.